The van der Waals surface area contributed by atoms with Crippen LogP contribution < -0.4 is 37.6 Å². The lowest BCUT2D eigenvalue weighted by Crippen LogP contribution is -2.62. The van der Waals surface area contributed by atoms with Crippen LogP contribution in [-0.4, -0.2) is 146 Å². The topological polar surface area (TPSA) is 294 Å². The van der Waals surface area contributed by atoms with Gasteiger partial charge >= 0.3 is 0 Å². The molecule has 11 N–H and O–H groups in total. The average molecular weight is 788 g/mol. The van der Waals surface area contributed by atoms with Crippen LogP contribution in [-0.2, 0) is 33.6 Å². The molecule has 0 saturated carbocycles. The SMILES string of the molecule is C[C@@H]1NC(=O)C2C[C@@H](O)CN2C(=O)C2CSC3=Nc4ccccc4C3C[C@H](NC1=O)C(=O)N[C@@H](CC(C)(O)CN)C(=O)N[C@H](C)C(=O)NC([C@H](C)O)C(=O)N2. The van der Waals surface area contributed by atoms with Gasteiger partial charge in [-0.05, 0) is 45.7 Å². The molecule has 5 unspecified atom stereocenters. The van der Waals surface area contributed by atoms with Crippen LogP contribution in [0.3, 0.4) is 0 Å². The summed E-state index contributed by atoms with van der Waals surface area (Å²) in [6, 6.07) is -2.65. The lowest BCUT2D eigenvalue weighted by Gasteiger charge is -2.31. The van der Waals surface area contributed by atoms with Crippen molar-refractivity contribution in [3.63, 3.8) is 0 Å². The third-order valence-corrected chi connectivity index (χ3v) is 11.3. The summed E-state index contributed by atoms with van der Waals surface area (Å²) in [6.45, 7) is 4.70. The molecule has 0 spiro atoms. The molecule has 4 heterocycles. The van der Waals surface area contributed by atoms with Crippen LogP contribution in [0.15, 0.2) is 29.3 Å². The number of nitrogens with one attached hydrogen (secondary N) is 6. The summed E-state index contributed by atoms with van der Waals surface area (Å²) in [7, 11) is 0. The number of fused-ring (bicyclic) bond motifs is 5. The molecule has 4 aliphatic heterocycles. The largest absolute Gasteiger partial charge is 0.391 e. The van der Waals surface area contributed by atoms with Gasteiger partial charge in [0, 0.05) is 37.6 Å². The van der Waals surface area contributed by atoms with E-state index in [0.717, 1.165) is 16.7 Å². The van der Waals surface area contributed by atoms with Gasteiger partial charge in [-0.25, -0.2) is 4.99 Å². The van der Waals surface area contributed by atoms with Gasteiger partial charge in [0.05, 0.1) is 28.5 Å². The molecule has 19 nitrogen and oxygen atoms in total. The highest BCUT2D eigenvalue weighted by molar-refractivity contribution is 8.14. The summed E-state index contributed by atoms with van der Waals surface area (Å²) in [5, 5.41) is 47.9. The van der Waals surface area contributed by atoms with Crippen molar-refractivity contribution in [1.29, 1.82) is 0 Å². The molecule has 5 rings (SSSR count). The first-order chi connectivity index (χ1) is 25.9. The van der Waals surface area contributed by atoms with Crippen molar-refractivity contribution in [3.8, 4) is 0 Å². The average Bonchev–Trinajstić information content (AvgIpc) is 3.69. The standard InChI is InChI=1S/C35H49N9O10S/c1-15-27(47)39-22-10-20-19-7-5-6-8-21(19)42-33(20)55-13-24(34(53)44-12-18(46)9-25(44)31(51)38-15)41-32(52)26(17(3)45)43-28(48)16(2)37-30(50)23(40-29(22)49)11-35(4,54)14-36/h5-8,15-18,20,22-26,45-46,54H,9-14,36H2,1-4H3,(H,37,50)(H,38,51)(H,39,47)(H,40,49)(H,41,52)(H,43,48)/t15-,16+,17-,18+,20?,22-,23-,24?,25?,26?,35?/m0/s1. The zero-order chi connectivity index (χ0) is 40.4. The molecule has 1 aromatic rings. The molecular weight excluding hydrogens is 739 g/mol. The summed E-state index contributed by atoms with van der Waals surface area (Å²) < 4.78 is 0. The van der Waals surface area contributed by atoms with Gasteiger partial charge in [-0.2, -0.15) is 0 Å². The first-order valence-corrected chi connectivity index (χ1v) is 19.1. The van der Waals surface area contributed by atoms with E-state index in [0.29, 0.717) is 16.3 Å². The Morgan fingerprint density at radius 1 is 0.873 bits per heavy atom. The van der Waals surface area contributed by atoms with E-state index >= 15 is 0 Å². The van der Waals surface area contributed by atoms with Crippen LogP contribution in [0.4, 0.5) is 5.69 Å². The number of nitrogens with zero attached hydrogens (tertiary/aromatic N) is 2. The number of thioether (sulfide) groups is 1. The summed E-state index contributed by atoms with van der Waals surface area (Å²) in [6.07, 6.45) is -3.30. The number of aliphatic hydroxyl groups excluding tert-OH is 2. The fraction of sp³-hybridized carbons (Fsp3) is 0.600. The molecule has 55 heavy (non-hydrogen) atoms. The minimum atomic E-state index is -1.67. The van der Waals surface area contributed by atoms with Crippen molar-refractivity contribution in [3.05, 3.63) is 29.8 Å². The second-order valence-electron chi connectivity index (χ2n) is 14.8. The van der Waals surface area contributed by atoms with Crippen molar-refractivity contribution in [1.82, 2.24) is 36.8 Å². The van der Waals surface area contributed by atoms with Gasteiger partial charge in [0.25, 0.3) is 0 Å². The van der Waals surface area contributed by atoms with E-state index in [2.05, 4.69) is 31.9 Å². The highest BCUT2D eigenvalue weighted by Crippen LogP contribution is 2.42. The van der Waals surface area contributed by atoms with Crippen LogP contribution in [0.1, 0.15) is 58.4 Å². The van der Waals surface area contributed by atoms with Crippen LogP contribution in [0.5, 0.6) is 0 Å². The molecule has 0 radical (unpaired) electrons. The lowest BCUT2D eigenvalue weighted by molar-refractivity contribution is -0.142. The van der Waals surface area contributed by atoms with Crippen molar-refractivity contribution in [2.24, 2.45) is 10.7 Å². The van der Waals surface area contributed by atoms with Gasteiger partial charge in [-0.1, -0.05) is 18.2 Å². The van der Waals surface area contributed by atoms with E-state index in [1.807, 2.05) is 0 Å². The van der Waals surface area contributed by atoms with Gasteiger partial charge in [0.15, 0.2) is 0 Å². The number of aliphatic imine (C=N–C) groups is 1. The van der Waals surface area contributed by atoms with Gasteiger partial charge in [0.1, 0.15) is 42.3 Å². The predicted octanol–water partition coefficient (Wildman–Crippen LogP) is -3.64. The van der Waals surface area contributed by atoms with Crippen LogP contribution in [0.2, 0.25) is 0 Å². The maximum atomic E-state index is 14.3. The molecule has 3 fully saturated rings. The molecule has 1 aromatic carbocycles. The van der Waals surface area contributed by atoms with Gasteiger partial charge in [0.2, 0.25) is 41.4 Å². The maximum absolute atomic E-state index is 14.3. The number of hydrogen-bond acceptors (Lipinski definition) is 13. The molecule has 20 heteroatoms. The zero-order valence-electron chi connectivity index (χ0n) is 30.9. The number of rotatable bonds is 4. The molecule has 2 bridgehead atoms. The first kappa shape index (κ1) is 41.5. The van der Waals surface area contributed by atoms with Crippen molar-refractivity contribution in [2.45, 2.75) is 113 Å². The minimum Gasteiger partial charge on any atom is -0.391 e. The maximum Gasteiger partial charge on any atom is 0.246 e. The Morgan fingerprint density at radius 2 is 1.51 bits per heavy atom. The molecular formula is C35H49N9O10S. The van der Waals surface area contributed by atoms with E-state index in [1.54, 1.807) is 24.3 Å². The summed E-state index contributed by atoms with van der Waals surface area (Å²) in [5.41, 5.74) is 5.34. The molecule has 3 saturated heterocycles. The van der Waals surface area contributed by atoms with E-state index in [4.69, 9.17) is 10.7 Å². The molecule has 4 aliphatic rings. The number of nitrogens with two attached hydrogens (primary N) is 1. The number of amides is 7. The van der Waals surface area contributed by atoms with E-state index in [9.17, 15) is 48.9 Å². The van der Waals surface area contributed by atoms with E-state index in [-0.39, 0.29) is 31.7 Å². The van der Waals surface area contributed by atoms with Gasteiger partial charge in [-0.15, -0.1) is 11.8 Å². The summed E-state index contributed by atoms with van der Waals surface area (Å²) >= 11 is 1.08. The fourth-order valence-electron chi connectivity index (χ4n) is 6.89. The van der Waals surface area contributed by atoms with E-state index < -0.39 is 114 Å². The number of hydrogen-bond donors (Lipinski definition) is 10. The number of benzene rings is 1. The van der Waals surface area contributed by atoms with E-state index in [1.165, 1.54) is 27.7 Å². The summed E-state index contributed by atoms with van der Waals surface area (Å²) in [4.78, 5) is 103. The van der Waals surface area contributed by atoms with Crippen molar-refractivity contribution in [2.75, 3.05) is 18.8 Å². The minimum absolute atomic E-state index is 0.114. The fourth-order valence-corrected chi connectivity index (χ4v) is 8.04. The Morgan fingerprint density at radius 3 is 2.18 bits per heavy atom. The van der Waals surface area contributed by atoms with Gasteiger partial charge in [-0.3, -0.25) is 33.6 Å². The smallest absolute Gasteiger partial charge is 0.246 e. The monoisotopic (exact) mass is 787 g/mol. The molecule has 7 amide bonds. The quantitative estimate of drug-likeness (QED) is 0.141. The normalized spacial score (nSPS) is 32.9. The Kier molecular flexibility index (Phi) is 12.9. The Bertz CT molecular complexity index is 1740. The van der Waals surface area contributed by atoms with Crippen molar-refractivity contribution >= 4 is 63.8 Å². The molecule has 0 aliphatic carbocycles. The second-order valence-corrected chi connectivity index (χ2v) is 15.8. The van der Waals surface area contributed by atoms with Gasteiger partial charge < -0.3 is 57.9 Å². The Hall–Kier alpha value is -4.63. The Balaban J connectivity index is 1.66. The summed E-state index contributed by atoms with van der Waals surface area (Å²) in [5.74, 6) is -6.73. The Labute approximate surface area is 321 Å². The third kappa shape index (κ3) is 9.61. The highest BCUT2D eigenvalue weighted by atomic mass is 32.2. The number of para-hydroxylation sites is 1. The molecule has 11 atom stereocenters. The number of aliphatic hydroxyl groups is 3. The van der Waals surface area contributed by atoms with Crippen LogP contribution in [0, 0.1) is 0 Å². The molecule has 300 valence electrons. The van der Waals surface area contributed by atoms with Crippen LogP contribution in [0.25, 0.3) is 0 Å². The van der Waals surface area contributed by atoms with Crippen LogP contribution >= 0.6 is 11.8 Å². The third-order valence-electron chi connectivity index (χ3n) is 10.1. The number of carbonyl (C=O) groups excluding carboxylic acids is 7. The molecule has 0 aromatic heterocycles. The first-order valence-electron chi connectivity index (χ1n) is 18.1. The number of carbonyl (C=O) groups is 7. The zero-order valence-corrected chi connectivity index (χ0v) is 31.7. The second kappa shape index (κ2) is 17.0. The lowest BCUT2D eigenvalue weighted by atomic mass is 9.92. The highest BCUT2D eigenvalue weighted by Gasteiger charge is 2.45. The predicted molar refractivity (Wildman–Crippen MR) is 198 cm³/mol. The van der Waals surface area contributed by atoms with Crippen molar-refractivity contribution < 1.29 is 48.9 Å².